The lowest BCUT2D eigenvalue weighted by Crippen LogP contribution is -2.41. The minimum Gasteiger partial charge on any atom is -0.207 e. The molecule has 0 aliphatic heterocycles. The molecule has 0 fully saturated rings. The van der Waals surface area contributed by atoms with E-state index in [1.54, 1.807) is 11.8 Å². The molecule has 2 aromatic rings. The molecule has 2 rings (SSSR count). The van der Waals surface area contributed by atoms with Crippen LogP contribution >= 0.6 is 0 Å². The van der Waals surface area contributed by atoms with Gasteiger partial charge in [-0.3, -0.25) is 0 Å². The van der Waals surface area contributed by atoms with Crippen LogP contribution in [0.3, 0.4) is 0 Å². The Morgan fingerprint density at radius 3 is 2.00 bits per heavy atom. The molecule has 0 unspecified atom stereocenters. The second-order valence-corrected chi connectivity index (χ2v) is 7.93. The van der Waals surface area contributed by atoms with Gasteiger partial charge >= 0.3 is 0 Å². The maximum atomic E-state index is 13.5. The molecular formula is C13H12F2N2O4S2. The monoisotopic (exact) mass is 362 g/mol. The molecule has 2 aromatic carbocycles. The summed E-state index contributed by atoms with van der Waals surface area (Å²) in [6.45, 7) is 1.75. The van der Waals surface area contributed by atoms with Crippen LogP contribution in [0.4, 0.5) is 8.78 Å². The molecule has 0 saturated heterocycles. The van der Waals surface area contributed by atoms with Gasteiger partial charge in [0.05, 0.1) is 4.90 Å². The van der Waals surface area contributed by atoms with Crippen molar-refractivity contribution in [3.05, 3.63) is 59.7 Å². The topological polar surface area (TPSA) is 92.3 Å². The molecule has 124 valence electrons. The normalized spacial score (nSPS) is 12.3. The van der Waals surface area contributed by atoms with Gasteiger partial charge in [-0.25, -0.2) is 25.6 Å². The van der Waals surface area contributed by atoms with Crippen molar-refractivity contribution in [3.63, 3.8) is 0 Å². The van der Waals surface area contributed by atoms with Gasteiger partial charge in [-0.1, -0.05) is 17.7 Å². The van der Waals surface area contributed by atoms with Gasteiger partial charge in [0.25, 0.3) is 20.0 Å². The molecule has 6 nitrogen and oxygen atoms in total. The average Bonchev–Trinajstić information content (AvgIpc) is 2.48. The number of hydrogen-bond acceptors (Lipinski definition) is 4. The fraction of sp³-hybridized carbons (Fsp3) is 0.0769. The van der Waals surface area contributed by atoms with Crippen molar-refractivity contribution < 1.29 is 25.6 Å². The largest absolute Gasteiger partial charge is 0.257 e. The number of hydrazine groups is 1. The quantitative estimate of drug-likeness (QED) is 0.788. The van der Waals surface area contributed by atoms with Crippen LogP contribution in [0, 0.1) is 18.6 Å². The van der Waals surface area contributed by atoms with Crippen LogP contribution in [0.5, 0.6) is 0 Å². The van der Waals surface area contributed by atoms with Gasteiger partial charge in [-0.2, -0.15) is 0 Å². The van der Waals surface area contributed by atoms with Gasteiger partial charge < -0.3 is 0 Å². The molecule has 0 bridgehead atoms. The van der Waals surface area contributed by atoms with Crippen LogP contribution in [0.25, 0.3) is 0 Å². The number of nitrogens with one attached hydrogen (secondary N) is 2. The second-order valence-electron chi connectivity index (χ2n) is 4.60. The van der Waals surface area contributed by atoms with Gasteiger partial charge in [0, 0.05) is 0 Å². The van der Waals surface area contributed by atoms with Crippen LogP contribution in [0.2, 0.25) is 0 Å². The number of benzene rings is 2. The highest BCUT2D eigenvalue weighted by molar-refractivity contribution is 7.92. The number of halogens is 2. The summed E-state index contributed by atoms with van der Waals surface area (Å²) in [5.74, 6) is -2.19. The summed E-state index contributed by atoms with van der Waals surface area (Å²) >= 11 is 0. The summed E-state index contributed by atoms with van der Waals surface area (Å²) in [5.41, 5.74) is 0.811. The van der Waals surface area contributed by atoms with E-state index in [-0.39, 0.29) is 4.90 Å². The third-order valence-corrected chi connectivity index (χ3v) is 5.48. The maximum absolute atomic E-state index is 13.5. The molecule has 10 heteroatoms. The first-order valence-corrected chi connectivity index (χ1v) is 9.14. The van der Waals surface area contributed by atoms with E-state index in [2.05, 4.69) is 0 Å². The first-order chi connectivity index (χ1) is 10.6. The standard InChI is InChI=1S/C13H12F2N2O4S2/c1-9-2-5-11(6-3-9)22(18,19)16-17-23(20,21)13-8-10(14)4-7-12(13)15/h2-8,16-17H,1H3. The summed E-state index contributed by atoms with van der Waals surface area (Å²) in [6.07, 6.45) is 0. The van der Waals surface area contributed by atoms with E-state index in [1.165, 1.54) is 29.1 Å². The molecule has 0 aliphatic carbocycles. The lowest BCUT2D eigenvalue weighted by molar-refractivity contribution is 0.537. The van der Waals surface area contributed by atoms with Crippen molar-refractivity contribution in [2.24, 2.45) is 0 Å². The lowest BCUT2D eigenvalue weighted by atomic mass is 10.2. The average molecular weight is 362 g/mol. The predicted molar refractivity (Wildman–Crippen MR) is 78.2 cm³/mol. The Labute approximate surface area is 132 Å². The van der Waals surface area contributed by atoms with Gasteiger partial charge in [0.2, 0.25) is 0 Å². The van der Waals surface area contributed by atoms with Crippen molar-refractivity contribution in [2.45, 2.75) is 16.7 Å². The molecule has 23 heavy (non-hydrogen) atoms. The molecule has 0 amide bonds. The van der Waals surface area contributed by atoms with E-state index >= 15 is 0 Å². The highest BCUT2D eigenvalue weighted by Gasteiger charge is 2.23. The van der Waals surface area contributed by atoms with E-state index < -0.39 is 36.6 Å². The van der Waals surface area contributed by atoms with Crippen LogP contribution in [-0.4, -0.2) is 16.8 Å². The number of aryl methyl sites for hydroxylation is 1. The van der Waals surface area contributed by atoms with Gasteiger partial charge in [-0.15, -0.1) is 9.66 Å². The van der Waals surface area contributed by atoms with E-state index in [0.717, 1.165) is 11.6 Å². The van der Waals surface area contributed by atoms with Crippen LogP contribution in [0.15, 0.2) is 52.3 Å². The smallest absolute Gasteiger partial charge is 0.207 e. The van der Waals surface area contributed by atoms with E-state index in [0.29, 0.717) is 12.1 Å². The molecule has 0 saturated carbocycles. The Kier molecular flexibility index (Phi) is 4.80. The lowest BCUT2D eigenvalue weighted by Gasteiger charge is -2.10. The van der Waals surface area contributed by atoms with Crippen LogP contribution in [-0.2, 0) is 20.0 Å². The summed E-state index contributed by atoms with van der Waals surface area (Å²) in [7, 11) is -8.82. The highest BCUT2D eigenvalue weighted by Crippen LogP contribution is 2.15. The number of hydrogen-bond donors (Lipinski definition) is 2. The summed E-state index contributed by atoms with van der Waals surface area (Å²) in [4.78, 5) is 1.95. The molecule has 0 atom stereocenters. The third kappa shape index (κ3) is 4.10. The number of sulfonamides is 2. The van der Waals surface area contributed by atoms with Gasteiger partial charge in [0.1, 0.15) is 16.5 Å². The summed E-state index contributed by atoms with van der Waals surface area (Å²) < 4.78 is 74.3. The van der Waals surface area contributed by atoms with Crippen LogP contribution in [0.1, 0.15) is 5.56 Å². The van der Waals surface area contributed by atoms with Crippen LogP contribution < -0.4 is 9.66 Å². The minimum absolute atomic E-state index is 0.189. The first kappa shape index (κ1) is 17.5. The Morgan fingerprint density at radius 2 is 1.39 bits per heavy atom. The molecule has 2 N–H and O–H groups in total. The zero-order valence-electron chi connectivity index (χ0n) is 11.7. The SMILES string of the molecule is Cc1ccc(S(=O)(=O)NNS(=O)(=O)c2cc(F)ccc2F)cc1. The fourth-order valence-electron chi connectivity index (χ4n) is 1.62. The Bertz CT molecular complexity index is 927. The number of rotatable bonds is 5. The molecule has 0 radical (unpaired) electrons. The van der Waals surface area contributed by atoms with E-state index in [1.807, 2.05) is 0 Å². The predicted octanol–water partition coefficient (Wildman–Crippen LogP) is 1.45. The van der Waals surface area contributed by atoms with E-state index in [4.69, 9.17) is 0 Å². The van der Waals surface area contributed by atoms with E-state index in [9.17, 15) is 25.6 Å². The summed E-state index contributed by atoms with van der Waals surface area (Å²) in [5, 5.41) is 0. The molecule has 0 aliphatic rings. The fourth-order valence-corrected chi connectivity index (χ4v) is 3.82. The van der Waals surface area contributed by atoms with Crippen molar-refractivity contribution in [2.75, 3.05) is 0 Å². The van der Waals surface area contributed by atoms with Gasteiger partial charge in [0.15, 0.2) is 0 Å². The minimum atomic E-state index is -4.62. The Hall–Kier alpha value is -1.88. The molecular weight excluding hydrogens is 350 g/mol. The Morgan fingerprint density at radius 1 is 0.826 bits per heavy atom. The zero-order chi connectivity index (χ0) is 17.3. The molecule has 0 heterocycles. The first-order valence-electron chi connectivity index (χ1n) is 6.17. The van der Waals surface area contributed by atoms with Gasteiger partial charge in [-0.05, 0) is 37.3 Å². The summed E-state index contributed by atoms with van der Waals surface area (Å²) in [6, 6.07) is 7.40. The maximum Gasteiger partial charge on any atom is 0.257 e. The molecule has 0 spiro atoms. The zero-order valence-corrected chi connectivity index (χ0v) is 13.4. The third-order valence-electron chi connectivity index (χ3n) is 2.82. The van der Waals surface area contributed by atoms with Crippen molar-refractivity contribution in [1.82, 2.24) is 9.66 Å². The molecule has 0 aromatic heterocycles. The second kappa shape index (κ2) is 6.32. The van der Waals surface area contributed by atoms with Crippen molar-refractivity contribution >= 4 is 20.0 Å². The van der Waals surface area contributed by atoms with Crippen molar-refractivity contribution in [1.29, 1.82) is 0 Å². The van der Waals surface area contributed by atoms with Crippen molar-refractivity contribution in [3.8, 4) is 0 Å². The Balaban J connectivity index is 2.25. The highest BCUT2D eigenvalue weighted by atomic mass is 32.2.